The van der Waals surface area contributed by atoms with Crippen molar-refractivity contribution in [2.45, 2.75) is 39.5 Å². The van der Waals surface area contributed by atoms with Crippen LogP contribution in [0.3, 0.4) is 0 Å². The smallest absolute Gasteiger partial charge is 0.248 e. The number of H-pyrrole nitrogens is 1. The molecular formula is C11H17NO. The van der Waals surface area contributed by atoms with Gasteiger partial charge in [0.05, 0.1) is 0 Å². The van der Waals surface area contributed by atoms with Crippen LogP contribution in [-0.4, -0.2) is 4.98 Å². The van der Waals surface area contributed by atoms with E-state index in [0.29, 0.717) is 5.92 Å². The van der Waals surface area contributed by atoms with Crippen molar-refractivity contribution >= 4 is 0 Å². The molecule has 0 saturated heterocycles. The molecule has 2 heteroatoms. The van der Waals surface area contributed by atoms with Crippen LogP contribution in [0.5, 0.6) is 0 Å². The van der Waals surface area contributed by atoms with E-state index >= 15 is 0 Å². The number of aromatic amines is 1. The normalized spacial score (nSPS) is 10.8. The lowest BCUT2D eigenvalue weighted by molar-refractivity contribution is 0.804. The Morgan fingerprint density at radius 1 is 1.38 bits per heavy atom. The van der Waals surface area contributed by atoms with Crippen LogP contribution in [0.4, 0.5) is 0 Å². The first-order chi connectivity index (χ1) is 6.13. The first-order valence-corrected chi connectivity index (χ1v) is 4.86. The van der Waals surface area contributed by atoms with Crippen LogP contribution >= 0.6 is 0 Å². The molecule has 0 radical (unpaired) electrons. The summed E-state index contributed by atoms with van der Waals surface area (Å²) in [5.41, 5.74) is 2.21. The van der Waals surface area contributed by atoms with Gasteiger partial charge < -0.3 is 4.98 Å². The van der Waals surface area contributed by atoms with Crippen LogP contribution in [0.1, 0.15) is 44.4 Å². The van der Waals surface area contributed by atoms with E-state index in [1.807, 2.05) is 0 Å². The van der Waals surface area contributed by atoms with E-state index in [2.05, 4.69) is 31.8 Å². The summed E-state index contributed by atoms with van der Waals surface area (Å²) in [7, 11) is 0. The maximum absolute atomic E-state index is 11.2. The molecule has 2 nitrogen and oxygen atoms in total. The topological polar surface area (TPSA) is 32.9 Å². The van der Waals surface area contributed by atoms with Crippen molar-refractivity contribution in [3.05, 3.63) is 33.7 Å². The average Bonchev–Trinajstić information content (AvgIpc) is 2.03. The zero-order chi connectivity index (χ0) is 9.84. The van der Waals surface area contributed by atoms with Crippen LogP contribution < -0.4 is 5.56 Å². The van der Waals surface area contributed by atoms with Gasteiger partial charge in [-0.15, -0.1) is 0 Å². The second-order valence-electron chi connectivity index (χ2n) is 3.71. The number of nitrogens with one attached hydrogen (secondary N) is 1. The number of aromatic nitrogens is 1. The van der Waals surface area contributed by atoms with E-state index in [9.17, 15) is 4.79 Å². The summed E-state index contributed by atoms with van der Waals surface area (Å²) in [6.45, 7) is 6.29. The number of rotatable bonds is 3. The van der Waals surface area contributed by atoms with Crippen LogP contribution in [0, 0.1) is 0 Å². The predicted molar refractivity (Wildman–Crippen MR) is 55.1 cm³/mol. The van der Waals surface area contributed by atoms with E-state index in [1.165, 1.54) is 0 Å². The average molecular weight is 179 g/mol. The van der Waals surface area contributed by atoms with Gasteiger partial charge in [0.2, 0.25) is 5.56 Å². The van der Waals surface area contributed by atoms with Gasteiger partial charge in [0, 0.05) is 11.8 Å². The van der Waals surface area contributed by atoms with Crippen molar-refractivity contribution in [2.24, 2.45) is 0 Å². The zero-order valence-corrected chi connectivity index (χ0v) is 8.55. The Morgan fingerprint density at radius 3 is 2.62 bits per heavy atom. The molecule has 0 spiro atoms. The third-order valence-electron chi connectivity index (χ3n) is 2.09. The Morgan fingerprint density at radius 2 is 2.08 bits per heavy atom. The summed E-state index contributed by atoms with van der Waals surface area (Å²) in [5.74, 6) is 0.393. The van der Waals surface area contributed by atoms with Gasteiger partial charge in [0.1, 0.15) is 0 Å². The Labute approximate surface area is 79.0 Å². The molecule has 0 aliphatic carbocycles. The first kappa shape index (κ1) is 10.0. The van der Waals surface area contributed by atoms with E-state index in [1.54, 1.807) is 6.07 Å². The van der Waals surface area contributed by atoms with Crippen molar-refractivity contribution in [3.63, 3.8) is 0 Å². The summed E-state index contributed by atoms with van der Waals surface area (Å²) < 4.78 is 0. The molecule has 0 unspecified atom stereocenters. The molecular weight excluding hydrogens is 162 g/mol. The van der Waals surface area contributed by atoms with Gasteiger partial charge in [-0.1, -0.05) is 27.2 Å². The highest BCUT2D eigenvalue weighted by atomic mass is 16.1. The summed E-state index contributed by atoms with van der Waals surface area (Å²) in [6.07, 6.45) is 2.07. The van der Waals surface area contributed by atoms with Crippen molar-refractivity contribution in [2.75, 3.05) is 0 Å². The van der Waals surface area contributed by atoms with Gasteiger partial charge in [0.25, 0.3) is 0 Å². The van der Waals surface area contributed by atoms with Crippen molar-refractivity contribution in [3.8, 4) is 0 Å². The fourth-order valence-electron chi connectivity index (χ4n) is 1.37. The highest BCUT2D eigenvalue weighted by Gasteiger charge is 2.02. The SMILES string of the molecule is CCCc1cc(C(C)C)[nH]c(=O)c1. The van der Waals surface area contributed by atoms with Crippen LogP contribution in [-0.2, 0) is 6.42 Å². The maximum atomic E-state index is 11.2. The molecule has 1 aromatic rings. The summed E-state index contributed by atoms with van der Waals surface area (Å²) in [4.78, 5) is 14.1. The monoisotopic (exact) mass is 179 g/mol. The first-order valence-electron chi connectivity index (χ1n) is 4.86. The lowest BCUT2D eigenvalue weighted by atomic mass is 10.1. The number of hydrogen-bond donors (Lipinski definition) is 1. The number of pyridine rings is 1. The quantitative estimate of drug-likeness (QED) is 0.759. The molecule has 0 aliphatic rings. The predicted octanol–water partition coefficient (Wildman–Crippen LogP) is 2.45. The Kier molecular flexibility index (Phi) is 3.29. The highest BCUT2D eigenvalue weighted by molar-refractivity contribution is 5.18. The second-order valence-corrected chi connectivity index (χ2v) is 3.71. The van der Waals surface area contributed by atoms with E-state index in [0.717, 1.165) is 24.1 Å². The molecule has 0 bridgehead atoms. The van der Waals surface area contributed by atoms with Gasteiger partial charge in [-0.25, -0.2) is 0 Å². The summed E-state index contributed by atoms with van der Waals surface area (Å²) >= 11 is 0. The molecule has 0 atom stereocenters. The molecule has 0 saturated carbocycles. The minimum absolute atomic E-state index is 0.0228. The number of hydrogen-bond acceptors (Lipinski definition) is 1. The molecule has 0 amide bonds. The molecule has 1 N–H and O–H groups in total. The molecule has 0 fully saturated rings. The summed E-state index contributed by atoms with van der Waals surface area (Å²) in [5, 5.41) is 0. The molecule has 1 aromatic heterocycles. The van der Waals surface area contributed by atoms with Crippen molar-refractivity contribution in [1.82, 2.24) is 4.98 Å². The molecule has 0 aliphatic heterocycles. The Balaban J connectivity index is 3.04. The fraction of sp³-hybridized carbons (Fsp3) is 0.545. The minimum atomic E-state index is 0.0228. The van der Waals surface area contributed by atoms with Crippen LogP contribution in [0.2, 0.25) is 0 Å². The zero-order valence-electron chi connectivity index (χ0n) is 8.55. The van der Waals surface area contributed by atoms with E-state index < -0.39 is 0 Å². The molecule has 0 aromatic carbocycles. The molecule has 72 valence electrons. The lowest BCUT2D eigenvalue weighted by Crippen LogP contribution is -2.10. The van der Waals surface area contributed by atoms with Crippen molar-refractivity contribution in [1.29, 1.82) is 0 Å². The van der Waals surface area contributed by atoms with Crippen LogP contribution in [0.15, 0.2) is 16.9 Å². The highest BCUT2D eigenvalue weighted by Crippen LogP contribution is 2.11. The van der Waals surface area contributed by atoms with Crippen molar-refractivity contribution < 1.29 is 0 Å². The Hall–Kier alpha value is -1.05. The third-order valence-corrected chi connectivity index (χ3v) is 2.09. The Bertz CT molecular complexity index is 325. The van der Waals surface area contributed by atoms with E-state index in [-0.39, 0.29) is 5.56 Å². The molecule has 13 heavy (non-hydrogen) atoms. The van der Waals surface area contributed by atoms with Gasteiger partial charge in [0.15, 0.2) is 0 Å². The minimum Gasteiger partial charge on any atom is -0.326 e. The van der Waals surface area contributed by atoms with Crippen LogP contribution in [0.25, 0.3) is 0 Å². The standard InChI is InChI=1S/C11H17NO/c1-4-5-9-6-10(8(2)3)12-11(13)7-9/h6-8H,4-5H2,1-3H3,(H,12,13). The maximum Gasteiger partial charge on any atom is 0.248 e. The largest absolute Gasteiger partial charge is 0.326 e. The van der Waals surface area contributed by atoms with Gasteiger partial charge in [-0.3, -0.25) is 4.79 Å². The fourth-order valence-corrected chi connectivity index (χ4v) is 1.37. The van der Waals surface area contributed by atoms with Gasteiger partial charge in [-0.2, -0.15) is 0 Å². The number of aryl methyl sites for hydroxylation is 1. The molecule has 1 heterocycles. The molecule has 1 rings (SSSR count). The van der Waals surface area contributed by atoms with E-state index in [4.69, 9.17) is 0 Å². The second kappa shape index (κ2) is 4.26. The lowest BCUT2D eigenvalue weighted by Gasteiger charge is -2.06. The third kappa shape index (κ3) is 2.72. The summed E-state index contributed by atoms with van der Waals surface area (Å²) in [6, 6.07) is 3.78. The van der Waals surface area contributed by atoms with Gasteiger partial charge in [-0.05, 0) is 24.0 Å². The van der Waals surface area contributed by atoms with Gasteiger partial charge >= 0.3 is 0 Å².